The van der Waals surface area contributed by atoms with Gasteiger partial charge in [0.1, 0.15) is 12.6 Å². The summed E-state index contributed by atoms with van der Waals surface area (Å²) in [5, 5.41) is 12.7. The van der Waals surface area contributed by atoms with Gasteiger partial charge in [0.05, 0.1) is 19.7 Å². The highest BCUT2D eigenvalue weighted by atomic mass is 16.7. The Kier molecular flexibility index (Phi) is 5.59. The monoisotopic (exact) mass is 313 g/mol. The molecular weight excluding hydrogens is 278 g/mol. The molecule has 0 amide bonds. The highest BCUT2D eigenvalue weighted by molar-refractivity contribution is 4.88. The number of hydroxylamine groups is 3. The lowest BCUT2D eigenvalue weighted by Gasteiger charge is -2.44. The van der Waals surface area contributed by atoms with E-state index in [1.807, 2.05) is 6.92 Å². The Balaban J connectivity index is 1.88. The Hall–Kier alpha value is -0.160. The summed E-state index contributed by atoms with van der Waals surface area (Å²) >= 11 is 0. The van der Waals surface area contributed by atoms with E-state index < -0.39 is 5.79 Å². The molecule has 0 N–H and O–H groups in total. The molecule has 1 aliphatic heterocycles. The summed E-state index contributed by atoms with van der Waals surface area (Å²) in [6.45, 7) is 13.4. The molecule has 2 aliphatic rings. The maximum absolute atomic E-state index is 12.7. The van der Waals surface area contributed by atoms with Gasteiger partial charge in [-0.3, -0.25) is 0 Å². The molecule has 1 spiro atoms. The van der Waals surface area contributed by atoms with Crippen molar-refractivity contribution >= 4 is 0 Å². The maximum atomic E-state index is 12.7. The normalized spacial score (nSPS) is 35.7. The highest BCUT2D eigenvalue weighted by Crippen LogP contribution is 2.45. The van der Waals surface area contributed by atoms with Crippen molar-refractivity contribution in [3.63, 3.8) is 0 Å². The van der Waals surface area contributed by atoms with Crippen LogP contribution in [0.5, 0.6) is 0 Å². The van der Waals surface area contributed by atoms with Crippen molar-refractivity contribution in [3.8, 4) is 0 Å². The van der Waals surface area contributed by atoms with Crippen LogP contribution in [0.1, 0.15) is 66.7 Å². The predicted molar refractivity (Wildman–Crippen MR) is 89.2 cm³/mol. The lowest BCUT2D eigenvalue weighted by atomic mass is 9.71. The molecule has 4 heteroatoms. The van der Waals surface area contributed by atoms with Crippen LogP contribution in [0.25, 0.3) is 0 Å². The smallest absolute Gasteiger partial charge is 0.169 e. The van der Waals surface area contributed by atoms with E-state index in [0.29, 0.717) is 31.7 Å². The zero-order chi connectivity index (χ0) is 16.4. The Morgan fingerprint density at radius 2 is 1.82 bits per heavy atom. The number of hydrogen-bond donors (Lipinski definition) is 0. The molecule has 1 saturated carbocycles. The molecule has 1 aliphatic carbocycles. The second-order valence-electron chi connectivity index (χ2n) is 8.38. The first-order valence-electron chi connectivity index (χ1n) is 9.11. The van der Waals surface area contributed by atoms with Crippen LogP contribution in [0.4, 0.5) is 0 Å². The molecule has 1 saturated heterocycles. The van der Waals surface area contributed by atoms with Crippen LogP contribution in [-0.4, -0.2) is 42.8 Å². The zero-order valence-corrected chi connectivity index (χ0v) is 15.2. The Bertz CT molecular complexity index is 358. The minimum Gasteiger partial charge on any atom is -0.633 e. The summed E-state index contributed by atoms with van der Waals surface area (Å²) in [6.07, 6.45) is 5.17. The van der Waals surface area contributed by atoms with Crippen LogP contribution in [-0.2, 0) is 9.47 Å². The topological polar surface area (TPSA) is 41.5 Å². The van der Waals surface area contributed by atoms with Gasteiger partial charge in [-0.25, -0.2) is 0 Å². The van der Waals surface area contributed by atoms with Crippen molar-refractivity contribution in [2.24, 2.45) is 11.3 Å². The molecular formula is C18H35NO3. The van der Waals surface area contributed by atoms with Gasteiger partial charge in [0.2, 0.25) is 0 Å². The average molecular weight is 313 g/mol. The van der Waals surface area contributed by atoms with Gasteiger partial charge in [-0.2, -0.15) is 0 Å². The lowest BCUT2D eigenvalue weighted by Crippen LogP contribution is -2.49. The van der Waals surface area contributed by atoms with E-state index in [1.165, 1.54) is 0 Å². The molecule has 4 nitrogen and oxygen atoms in total. The Labute approximate surface area is 136 Å². The summed E-state index contributed by atoms with van der Waals surface area (Å²) in [6, 6.07) is 0. The number of nitrogens with zero attached hydrogens (tertiary/aromatic N) is 1. The van der Waals surface area contributed by atoms with Crippen LogP contribution < -0.4 is 0 Å². The molecule has 2 atom stereocenters. The first-order chi connectivity index (χ1) is 10.2. The Morgan fingerprint density at radius 3 is 2.32 bits per heavy atom. The molecule has 0 aromatic heterocycles. The summed E-state index contributed by atoms with van der Waals surface area (Å²) in [4.78, 5) is 0. The van der Waals surface area contributed by atoms with Crippen LogP contribution in [0.2, 0.25) is 0 Å². The molecule has 0 bridgehead atoms. The number of hydrogen-bond acceptors (Lipinski definition) is 3. The van der Waals surface area contributed by atoms with Crippen LogP contribution >= 0.6 is 0 Å². The SMILES string of the molecule is CCC[N+]([O-])(CC)CC1COC2(CCC(C(C)(C)C)CC2)O1. The third-order valence-corrected chi connectivity index (χ3v) is 5.63. The molecule has 0 aromatic carbocycles. The molecule has 0 aromatic rings. The van der Waals surface area contributed by atoms with E-state index in [4.69, 9.17) is 9.47 Å². The van der Waals surface area contributed by atoms with E-state index in [-0.39, 0.29) is 10.8 Å². The molecule has 130 valence electrons. The fourth-order valence-corrected chi connectivity index (χ4v) is 4.05. The third-order valence-electron chi connectivity index (χ3n) is 5.63. The minimum absolute atomic E-state index is 0.0322. The number of quaternary nitrogens is 1. The summed E-state index contributed by atoms with van der Waals surface area (Å²) < 4.78 is 12.2. The molecule has 2 unspecified atom stereocenters. The second-order valence-corrected chi connectivity index (χ2v) is 8.38. The van der Waals surface area contributed by atoms with Gasteiger partial charge in [0.25, 0.3) is 0 Å². The van der Waals surface area contributed by atoms with Gasteiger partial charge in [-0.05, 0) is 37.5 Å². The van der Waals surface area contributed by atoms with Gasteiger partial charge in [-0.1, -0.05) is 27.7 Å². The lowest BCUT2D eigenvalue weighted by molar-refractivity contribution is -0.881. The summed E-state index contributed by atoms with van der Waals surface area (Å²) in [5.41, 5.74) is 0.365. The minimum atomic E-state index is -0.392. The van der Waals surface area contributed by atoms with Crippen LogP contribution in [0, 0.1) is 16.5 Å². The van der Waals surface area contributed by atoms with E-state index in [9.17, 15) is 5.21 Å². The summed E-state index contributed by atoms with van der Waals surface area (Å²) in [5.74, 6) is 0.353. The number of rotatable bonds is 5. The van der Waals surface area contributed by atoms with Gasteiger partial charge < -0.3 is 19.3 Å². The largest absolute Gasteiger partial charge is 0.633 e. The molecule has 0 radical (unpaired) electrons. The van der Waals surface area contributed by atoms with E-state index in [1.54, 1.807) is 0 Å². The van der Waals surface area contributed by atoms with E-state index in [2.05, 4.69) is 27.7 Å². The van der Waals surface area contributed by atoms with Gasteiger partial charge in [0, 0.05) is 12.8 Å². The fraction of sp³-hybridized carbons (Fsp3) is 1.00. The van der Waals surface area contributed by atoms with Gasteiger partial charge in [-0.15, -0.1) is 0 Å². The van der Waals surface area contributed by atoms with Gasteiger partial charge in [0.15, 0.2) is 5.79 Å². The first kappa shape index (κ1) is 18.2. The fourth-order valence-electron chi connectivity index (χ4n) is 4.05. The highest BCUT2D eigenvalue weighted by Gasteiger charge is 2.47. The third kappa shape index (κ3) is 4.22. The van der Waals surface area contributed by atoms with Crippen LogP contribution in [0.15, 0.2) is 0 Å². The maximum Gasteiger partial charge on any atom is 0.169 e. The average Bonchev–Trinajstić information content (AvgIpc) is 2.81. The standard InChI is InChI=1S/C18H35NO3/c1-6-12-19(20,7-2)13-16-14-21-18(22-16)10-8-15(9-11-18)17(3,4)5/h15-16H,6-14H2,1-5H3. The summed E-state index contributed by atoms with van der Waals surface area (Å²) in [7, 11) is 0. The van der Waals surface area contributed by atoms with Crippen molar-refractivity contribution in [1.29, 1.82) is 0 Å². The second kappa shape index (κ2) is 6.76. The quantitative estimate of drug-likeness (QED) is 0.567. The molecule has 1 heterocycles. The van der Waals surface area contributed by atoms with Crippen molar-refractivity contribution in [1.82, 2.24) is 0 Å². The first-order valence-corrected chi connectivity index (χ1v) is 9.11. The van der Waals surface area contributed by atoms with E-state index >= 15 is 0 Å². The molecule has 22 heavy (non-hydrogen) atoms. The van der Waals surface area contributed by atoms with Crippen molar-refractivity contribution in [3.05, 3.63) is 5.21 Å². The molecule has 2 rings (SSSR count). The van der Waals surface area contributed by atoms with Crippen molar-refractivity contribution in [2.45, 2.75) is 78.6 Å². The number of likely N-dealkylation sites (N-methyl/N-ethyl adjacent to an activating group) is 1. The van der Waals surface area contributed by atoms with Crippen LogP contribution in [0.3, 0.4) is 0 Å². The van der Waals surface area contributed by atoms with Crippen molar-refractivity contribution < 1.29 is 14.1 Å². The zero-order valence-electron chi connectivity index (χ0n) is 15.2. The van der Waals surface area contributed by atoms with E-state index in [0.717, 1.165) is 38.0 Å². The number of ether oxygens (including phenoxy) is 2. The predicted octanol–water partition coefficient (Wildman–Crippen LogP) is 4.08. The Morgan fingerprint density at radius 1 is 1.18 bits per heavy atom. The van der Waals surface area contributed by atoms with Crippen molar-refractivity contribution in [2.75, 3.05) is 26.2 Å². The molecule has 2 fully saturated rings. The van der Waals surface area contributed by atoms with Gasteiger partial charge >= 0.3 is 0 Å².